The summed E-state index contributed by atoms with van der Waals surface area (Å²) in [6.07, 6.45) is 2.07. The van der Waals surface area contributed by atoms with Crippen molar-refractivity contribution >= 4 is 27.5 Å². The Hall–Kier alpha value is -2.87. The van der Waals surface area contributed by atoms with Gasteiger partial charge in [0, 0.05) is 13.1 Å². The molecular weight excluding hydrogens is 450 g/mol. The molecule has 0 bridgehead atoms. The van der Waals surface area contributed by atoms with Gasteiger partial charge in [0.25, 0.3) is 0 Å². The van der Waals surface area contributed by atoms with Crippen molar-refractivity contribution in [2.45, 2.75) is 46.6 Å². The number of hydrogen-bond acceptors (Lipinski definition) is 4. The number of aryl methyl sites for hydroxylation is 1. The van der Waals surface area contributed by atoms with Crippen molar-refractivity contribution in [2.75, 3.05) is 30.2 Å². The van der Waals surface area contributed by atoms with Crippen molar-refractivity contribution in [1.82, 2.24) is 10.2 Å². The lowest BCUT2D eigenvalue weighted by atomic mass is 10.1. The zero-order chi connectivity index (χ0) is 25.3. The van der Waals surface area contributed by atoms with Gasteiger partial charge in [0.2, 0.25) is 21.8 Å². The van der Waals surface area contributed by atoms with Crippen LogP contribution in [0, 0.1) is 12.8 Å². The second-order valence-electron chi connectivity index (χ2n) is 8.94. The van der Waals surface area contributed by atoms with Crippen LogP contribution in [0.3, 0.4) is 0 Å². The van der Waals surface area contributed by atoms with Crippen molar-refractivity contribution < 1.29 is 18.0 Å². The van der Waals surface area contributed by atoms with Gasteiger partial charge in [-0.05, 0) is 42.9 Å². The molecule has 1 N–H and O–H groups in total. The van der Waals surface area contributed by atoms with Gasteiger partial charge in [0.05, 0.1) is 11.9 Å². The molecule has 7 nitrogen and oxygen atoms in total. The molecule has 0 saturated carbocycles. The molecule has 0 radical (unpaired) electrons. The number of carbonyl (C=O) groups excluding carboxylic acids is 2. The molecule has 0 aliphatic carbocycles. The van der Waals surface area contributed by atoms with Gasteiger partial charge in [0.1, 0.15) is 12.6 Å². The Labute approximate surface area is 204 Å². The molecule has 0 aliphatic rings. The fraction of sp³-hybridized carbons (Fsp3) is 0.462. The summed E-state index contributed by atoms with van der Waals surface area (Å²) in [5, 5.41) is 2.93. The quantitative estimate of drug-likeness (QED) is 0.497. The van der Waals surface area contributed by atoms with Gasteiger partial charge >= 0.3 is 0 Å². The predicted octanol–water partition coefficient (Wildman–Crippen LogP) is 3.38. The molecule has 34 heavy (non-hydrogen) atoms. The third-order valence-electron chi connectivity index (χ3n) is 5.62. The smallest absolute Gasteiger partial charge is 0.244 e. The molecule has 186 valence electrons. The van der Waals surface area contributed by atoms with E-state index in [9.17, 15) is 18.0 Å². The summed E-state index contributed by atoms with van der Waals surface area (Å²) in [6.45, 7) is 8.12. The van der Waals surface area contributed by atoms with Crippen molar-refractivity contribution in [3.8, 4) is 0 Å². The van der Waals surface area contributed by atoms with E-state index in [1.54, 1.807) is 25.1 Å². The highest BCUT2D eigenvalue weighted by Crippen LogP contribution is 2.22. The van der Waals surface area contributed by atoms with Gasteiger partial charge in [-0.2, -0.15) is 0 Å². The maximum Gasteiger partial charge on any atom is 0.244 e. The summed E-state index contributed by atoms with van der Waals surface area (Å²) in [5.41, 5.74) is 2.24. The monoisotopic (exact) mass is 487 g/mol. The van der Waals surface area contributed by atoms with Crippen LogP contribution in [-0.2, 0) is 26.0 Å². The molecule has 2 aromatic carbocycles. The molecule has 0 aromatic heterocycles. The minimum absolute atomic E-state index is 0.223. The van der Waals surface area contributed by atoms with Crippen LogP contribution in [0.25, 0.3) is 0 Å². The van der Waals surface area contributed by atoms with Crippen LogP contribution in [0.1, 0.15) is 38.3 Å². The number of anilines is 1. The van der Waals surface area contributed by atoms with Gasteiger partial charge in [-0.3, -0.25) is 13.9 Å². The number of rotatable bonds is 12. The fourth-order valence-corrected chi connectivity index (χ4v) is 4.66. The second-order valence-corrected chi connectivity index (χ2v) is 10.8. The van der Waals surface area contributed by atoms with Crippen LogP contribution in [0.2, 0.25) is 0 Å². The van der Waals surface area contributed by atoms with Crippen molar-refractivity contribution in [3.63, 3.8) is 0 Å². The molecule has 0 spiro atoms. The van der Waals surface area contributed by atoms with Crippen LogP contribution in [0.4, 0.5) is 5.69 Å². The molecular formula is C26H37N3O4S. The SMILES string of the molecule is CCC(C(=O)NCC(C)C)N(CCc1ccccc1)C(=O)CN(c1ccccc1C)S(C)(=O)=O. The summed E-state index contributed by atoms with van der Waals surface area (Å²) in [6, 6.07) is 16.1. The normalized spacial score (nSPS) is 12.3. The van der Waals surface area contributed by atoms with E-state index in [0.717, 1.165) is 21.7 Å². The topological polar surface area (TPSA) is 86.8 Å². The highest BCUT2D eigenvalue weighted by atomic mass is 32.2. The predicted molar refractivity (Wildman–Crippen MR) is 137 cm³/mol. The van der Waals surface area contributed by atoms with Crippen LogP contribution in [0.15, 0.2) is 54.6 Å². The van der Waals surface area contributed by atoms with Crippen LogP contribution < -0.4 is 9.62 Å². The third kappa shape index (κ3) is 7.87. The summed E-state index contributed by atoms with van der Waals surface area (Å²) in [4.78, 5) is 28.1. The highest BCUT2D eigenvalue weighted by molar-refractivity contribution is 7.92. The minimum atomic E-state index is -3.73. The molecule has 2 aromatic rings. The lowest BCUT2D eigenvalue weighted by molar-refractivity contribution is -0.139. The number of amides is 2. The lowest BCUT2D eigenvalue weighted by Gasteiger charge is -2.33. The molecule has 1 unspecified atom stereocenters. The zero-order valence-corrected chi connectivity index (χ0v) is 21.6. The Morgan fingerprint density at radius 1 is 1.00 bits per heavy atom. The summed E-state index contributed by atoms with van der Waals surface area (Å²) >= 11 is 0. The Kier molecular flexibility index (Phi) is 10.1. The Morgan fingerprint density at radius 2 is 1.62 bits per heavy atom. The number of hydrogen-bond donors (Lipinski definition) is 1. The summed E-state index contributed by atoms with van der Waals surface area (Å²) < 4.78 is 26.4. The standard InChI is InChI=1S/C26H37N3O4S/c1-6-23(26(31)27-18-20(2)3)28(17-16-22-13-8-7-9-14-22)25(30)19-29(34(5,32)33)24-15-11-10-12-21(24)4/h7-15,20,23H,6,16-19H2,1-5H3,(H,27,31). The van der Waals surface area contributed by atoms with E-state index in [4.69, 9.17) is 0 Å². The number of nitrogens with zero attached hydrogens (tertiary/aromatic N) is 2. The van der Waals surface area contributed by atoms with E-state index in [1.165, 1.54) is 4.90 Å². The maximum atomic E-state index is 13.6. The molecule has 0 fully saturated rings. The van der Waals surface area contributed by atoms with Crippen LogP contribution in [-0.4, -0.2) is 57.1 Å². The van der Waals surface area contributed by atoms with E-state index in [2.05, 4.69) is 5.32 Å². The molecule has 0 saturated heterocycles. The molecule has 2 rings (SSSR count). The van der Waals surface area contributed by atoms with Gasteiger partial charge in [-0.25, -0.2) is 8.42 Å². The van der Waals surface area contributed by atoms with E-state index < -0.39 is 22.0 Å². The van der Waals surface area contributed by atoms with E-state index in [1.807, 2.05) is 57.2 Å². The largest absolute Gasteiger partial charge is 0.354 e. The highest BCUT2D eigenvalue weighted by Gasteiger charge is 2.31. The Bertz CT molecular complexity index is 1050. The average molecular weight is 488 g/mol. The first-order valence-corrected chi connectivity index (χ1v) is 13.5. The number of benzene rings is 2. The first-order chi connectivity index (χ1) is 16.0. The third-order valence-corrected chi connectivity index (χ3v) is 6.74. The van der Waals surface area contributed by atoms with Crippen LogP contribution in [0.5, 0.6) is 0 Å². The minimum Gasteiger partial charge on any atom is -0.354 e. The fourth-order valence-electron chi connectivity index (χ4n) is 3.76. The van der Waals surface area contributed by atoms with Gasteiger partial charge in [-0.15, -0.1) is 0 Å². The first kappa shape index (κ1) is 27.4. The van der Waals surface area contributed by atoms with E-state index in [0.29, 0.717) is 31.6 Å². The molecule has 2 amide bonds. The first-order valence-electron chi connectivity index (χ1n) is 11.7. The van der Waals surface area contributed by atoms with Gasteiger partial charge in [-0.1, -0.05) is 69.3 Å². The number of nitrogens with one attached hydrogen (secondary N) is 1. The Balaban J connectivity index is 2.35. The number of para-hydroxylation sites is 1. The average Bonchev–Trinajstić information content (AvgIpc) is 2.79. The van der Waals surface area contributed by atoms with Crippen molar-refractivity contribution in [3.05, 3.63) is 65.7 Å². The second kappa shape index (κ2) is 12.6. The molecule has 0 heterocycles. The number of carbonyl (C=O) groups is 2. The van der Waals surface area contributed by atoms with E-state index >= 15 is 0 Å². The summed E-state index contributed by atoms with van der Waals surface area (Å²) in [5.74, 6) is -0.354. The van der Waals surface area contributed by atoms with Gasteiger partial charge < -0.3 is 10.2 Å². The zero-order valence-electron chi connectivity index (χ0n) is 20.8. The molecule has 1 atom stereocenters. The lowest BCUT2D eigenvalue weighted by Crippen LogP contribution is -2.53. The molecule has 8 heteroatoms. The van der Waals surface area contributed by atoms with E-state index in [-0.39, 0.29) is 18.4 Å². The summed E-state index contributed by atoms with van der Waals surface area (Å²) in [7, 11) is -3.73. The Morgan fingerprint density at radius 3 is 2.18 bits per heavy atom. The van der Waals surface area contributed by atoms with Crippen molar-refractivity contribution in [1.29, 1.82) is 0 Å². The van der Waals surface area contributed by atoms with Gasteiger partial charge in [0.15, 0.2) is 0 Å². The molecule has 0 aliphatic heterocycles. The van der Waals surface area contributed by atoms with Crippen molar-refractivity contribution in [2.24, 2.45) is 5.92 Å². The maximum absolute atomic E-state index is 13.6. The van der Waals surface area contributed by atoms with Crippen LogP contribution >= 0.6 is 0 Å². The number of sulfonamides is 1.